The Hall–Kier alpha value is -0.830. The van der Waals surface area contributed by atoms with Gasteiger partial charge < -0.3 is 0 Å². The summed E-state index contributed by atoms with van der Waals surface area (Å²) in [4.78, 5) is 0. The third-order valence-corrected chi connectivity index (χ3v) is 2.92. The third kappa shape index (κ3) is 5.35. The molecule has 17 heavy (non-hydrogen) atoms. The van der Waals surface area contributed by atoms with Crippen LogP contribution in [-0.2, 0) is 5.41 Å². The molecule has 0 saturated carbocycles. The highest BCUT2D eigenvalue weighted by Crippen LogP contribution is 2.28. The molecule has 1 aromatic carbocycles. The molecular formula is C14H22N2S. The predicted molar refractivity (Wildman–Crippen MR) is 77.0 cm³/mol. The smallest absolute Gasteiger partial charge is 0.0863 e. The molecule has 3 heteroatoms. The van der Waals surface area contributed by atoms with Gasteiger partial charge in [0.05, 0.1) is 5.69 Å². The summed E-state index contributed by atoms with van der Waals surface area (Å²) in [5.41, 5.74) is 2.42. The van der Waals surface area contributed by atoms with Crippen molar-refractivity contribution in [2.24, 2.45) is 9.63 Å². The molecular weight excluding hydrogens is 228 g/mol. The standard InChI is InChI=1S/C14H22N2S/c1-13(2,3)11-7-9-12(10-8-11)15-16-17-14(4,5)6/h7-10H,1-6H3. The zero-order valence-corrected chi connectivity index (χ0v) is 12.4. The van der Waals surface area contributed by atoms with E-state index >= 15 is 0 Å². The van der Waals surface area contributed by atoms with Gasteiger partial charge in [-0.3, -0.25) is 0 Å². The Labute approximate surface area is 109 Å². The van der Waals surface area contributed by atoms with Crippen molar-refractivity contribution < 1.29 is 0 Å². The molecule has 0 heterocycles. The van der Waals surface area contributed by atoms with Crippen LogP contribution in [-0.4, -0.2) is 4.75 Å². The zero-order valence-electron chi connectivity index (χ0n) is 11.6. The van der Waals surface area contributed by atoms with Crippen molar-refractivity contribution in [3.05, 3.63) is 29.8 Å². The first kappa shape index (κ1) is 14.2. The summed E-state index contributed by atoms with van der Waals surface area (Å²) in [6.45, 7) is 13.0. The van der Waals surface area contributed by atoms with E-state index in [0.717, 1.165) is 5.69 Å². The largest absolute Gasteiger partial charge is 0.144 e. The summed E-state index contributed by atoms with van der Waals surface area (Å²) in [7, 11) is 0. The highest BCUT2D eigenvalue weighted by Gasteiger charge is 2.13. The molecule has 0 N–H and O–H groups in total. The van der Waals surface area contributed by atoms with Crippen molar-refractivity contribution in [2.45, 2.75) is 51.7 Å². The van der Waals surface area contributed by atoms with Crippen molar-refractivity contribution >= 4 is 17.6 Å². The molecule has 0 spiro atoms. The van der Waals surface area contributed by atoms with Crippen LogP contribution in [0, 0.1) is 0 Å². The summed E-state index contributed by atoms with van der Waals surface area (Å²) in [5.74, 6) is 0. The van der Waals surface area contributed by atoms with Gasteiger partial charge >= 0.3 is 0 Å². The lowest BCUT2D eigenvalue weighted by Crippen LogP contribution is -2.10. The van der Waals surface area contributed by atoms with Crippen LogP contribution in [0.25, 0.3) is 0 Å². The van der Waals surface area contributed by atoms with Crippen LogP contribution in [0.3, 0.4) is 0 Å². The van der Waals surface area contributed by atoms with Crippen LogP contribution in [0.2, 0.25) is 0 Å². The fourth-order valence-corrected chi connectivity index (χ4v) is 1.60. The maximum Gasteiger partial charge on any atom is 0.0863 e. The lowest BCUT2D eigenvalue weighted by atomic mass is 9.87. The second-order valence-corrected chi connectivity index (χ2v) is 7.75. The molecule has 2 nitrogen and oxygen atoms in total. The molecule has 0 bridgehead atoms. The number of hydrogen-bond donors (Lipinski definition) is 0. The van der Waals surface area contributed by atoms with Gasteiger partial charge in [-0.25, -0.2) is 0 Å². The molecule has 0 amide bonds. The summed E-state index contributed by atoms with van der Waals surface area (Å²) in [6, 6.07) is 8.28. The van der Waals surface area contributed by atoms with E-state index in [-0.39, 0.29) is 10.2 Å². The van der Waals surface area contributed by atoms with Crippen LogP contribution in [0.15, 0.2) is 33.9 Å². The Bertz CT molecular complexity index is 380. The predicted octanol–water partition coefficient (Wildman–Crippen LogP) is 5.51. The van der Waals surface area contributed by atoms with Gasteiger partial charge in [0.25, 0.3) is 0 Å². The Morgan fingerprint density at radius 3 is 1.82 bits per heavy atom. The van der Waals surface area contributed by atoms with E-state index in [9.17, 15) is 0 Å². The highest BCUT2D eigenvalue weighted by atomic mass is 32.2. The van der Waals surface area contributed by atoms with Crippen molar-refractivity contribution in [1.29, 1.82) is 0 Å². The van der Waals surface area contributed by atoms with Crippen LogP contribution in [0.4, 0.5) is 5.69 Å². The van der Waals surface area contributed by atoms with Crippen molar-refractivity contribution in [1.82, 2.24) is 0 Å². The van der Waals surface area contributed by atoms with E-state index in [0.29, 0.717) is 0 Å². The Kier molecular flexibility index (Phi) is 4.36. The van der Waals surface area contributed by atoms with Gasteiger partial charge in [0.15, 0.2) is 0 Å². The van der Waals surface area contributed by atoms with E-state index in [1.165, 1.54) is 17.5 Å². The third-order valence-electron chi connectivity index (χ3n) is 2.20. The number of benzene rings is 1. The van der Waals surface area contributed by atoms with E-state index < -0.39 is 0 Å². The zero-order chi connectivity index (χ0) is 13.1. The lowest BCUT2D eigenvalue weighted by molar-refractivity contribution is 0.590. The number of nitrogens with zero attached hydrogens (tertiary/aromatic N) is 2. The molecule has 0 fully saturated rings. The first-order valence-corrected chi connectivity index (χ1v) is 6.66. The van der Waals surface area contributed by atoms with Gasteiger partial charge in [-0.15, -0.1) is 9.63 Å². The second kappa shape index (κ2) is 5.21. The molecule has 0 aliphatic heterocycles. The fraction of sp³-hybridized carbons (Fsp3) is 0.571. The molecule has 0 aromatic heterocycles. The highest BCUT2D eigenvalue weighted by molar-refractivity contribution is 7.99. The van der Waals surface area contributed by atoms with E-state index in [4.69, 9.17) is 0 Å². The van der Waals surface area contributed by atoms with Crippen molar-refractivity contribution in [3.63, 3.8) is 0 Å². The summed E-state index contributed by atoms with van der Waals surface area (Å²) in [6.07, 6.45) is 0. The lowest BCUT2D eigenvalue weighted by Gasteiger charge is -2.18. The summed E-state index contributed by atoms with van der Waals surface area (Å²) >= 11 is 1.50. The van der Waals surface area contributed by atoms with Gasteiger partial charge in [0.2, 0.25) is 0 Å². The molecule has 0 atom stereocenters. The quantitative estimate of drug-likeness (QED) is 0.501. The fourth-order valence-electron chi connectivity index (χ4n) is 1.22. The van der Waals surface area contributed by atoms with E-state index in [2.05, 4.69) is 63.3 Å². The number of rotatable bonds is 2. The topological polar surface area (TPSA) is 24.7 Å². The minimum Gasteiger partial charge on any atom is -0.144 e. The Morgan fingerprint density at radius 1 is 0.882 bits per heavy atom. The molecule has 0 aliphatic carbocycles. The second-order valence-electron chi connectivity index (χ2n) is 6.18. The van der Waals surface area contributed by atoms with Gasteiger partial charge in [-0.1, -0.05) is 32.9 Å². The maximum absolute atomic E-state index is 4.20. The van der Waals surface area contributed by atoms with Crippen LogP contribution in [0.5, 0.6) is 0 Å². The van der Waals surface area contributed by atoms with Crippen molar-refractivity contribution in [2.75, 3.05) is 0 Å². The molecule has 0 unspecified atom stereocenters. The molecule has 94 valence electrons. The minimum atomic E-state index is 0.120. The summed E-state index contributed by atoms with van der Waals surface area (Å²) in [5, 5.41) is 4.20. The SMILES string of the molecule is CC(C)(C)SN=Nc1ccc(C(C)(C)C)cc1. The van der Waals surface area contributed by atoms with Gasteiger partial charge in [0, 0.05) is 16.7 Å². The molecule has 0 saturated heterocycles. The molecule has 1 aromatic rings. The van der Waals surface area contributed by atoms with Crippen LogP contribution >= 0.6 is 11.9 Å². The van der Waals surface area contributed by atoms with E-state index in [1.54, 1.807) is 0 Å². The Morgan fingerprint density at radius 2 is 1.41 bits per heavy atom. The molecule has 0 aliphatic rings. The van der Waals surface area contributed by atoms with Gasteiger partial charge in [0.1, 0.15) is 0 Å². The summed E-state index contributed by atoms with van der Waals surface area (Å²) < 4.78 is 4.27. The average Bonchev–Trinajstić information content (AvgIpc) is 2.15. The van der Waals surface area contributed by atoms with Gasteiger partial charge in [-0.2, -0.15) is 0 Å². The molecule has 1 rings (SSSR count). The maximum atomic E-state index is 4.20. The van der Waals surface area contributed by atoms with Crippen LogP contribution < -0.4 is 0 Å². The molecule has 0 radical (unpaired) electrons. The first-order chi connectivity index (χ1) is 7.68. The van der Waals surface area contributed by atoms with Crippen LogP contribution in [0.1, 0.15) is 47.1 Å². The van der Waals surface area contributed by atoms with Gasteiger partial charge in [-0.05, 0) is 43.9 Å². The minimum absolute atomic E-state index is 0.120. The first-order valence-electron chi connectivity index (χ1n) is 5.88. The average molecular weight is 250 g/mol. The monoisotopic (exact) mass is 250 g/mol. The Balaban J connectivity index is 2.69. The number of hydrogen-bond acceptors (Lipinski definition) is 3. The normalized spacial score (nSPS) is 13.3. The van der Waals surface area contributed by atoms with Crippen molar-refractivity contribution in [3.8, 4) is 0 Å². The van der Waals surface area contributed by atoms with E-state index in [1.807, 2.05) is 12.1 Å².